The molecule has 5 nitrogen and oxygen atoms in total. The van der Waals surface area contributed by atoms with Gasteiger partial charge in [-0.2, -0.15) is 0 Å². The van der Waals surface area contributed by atoms with Gasteiger partial charge < -0.3 is 5.73 Å². The van der Waals surface area contributed by atoms with Crippen molar-refractivity contribution in [3.63, 3.8) is 0 Å². The van der Waals surface area contributed by atoms with E-state index in [1.165, 1.54) is 4.31 Å². The van der Waals surface area contributed by atoms with E-state index < -0.39 is 10.0 Å². The zero-order chi connectivity index (χ0) is 14.6. The summed E-state index contributed by atoms with van der Waals surface area (Å²) in [7, 11) is -1.62. The van der Waals surface area contributed by atoms with Crippen LogP contribution >= 0.6 is 0 Å². The Bertz CT molecular complexity index is 518. The molecule has 0 spiro atoms. The van der Waals surface area contributed by atoms with Crippen molar-refractivity contribution in [3.8, 4) is 0 Å². The van der Waals surface area contributed by atoms with Crippen molar-refractivity contribution in [1.29, 1.82) is 0 Å². The molecule has 112 valence electrons. The number of nitrogens with zero attached hydrogens (tertiary/aromatic N) is 2. The maximum atomic E-state index is 12.4. The fourth-order valence-corrected chi connectivity index (χ4v) is 4.15. The first-order valence-corrected chi connectivity index (χ1v) is 8.73. The van der Waals surface area contributed by atoms with E-state index in [0.717, 1.165) is 31.4 Å². The molecule has 2 N–H and O–H groups in total. The summed E-state index contributed by atoms with van der Waals surface area (Å²) in [5.41, 5.74) is 6.87. The zero-order valence-electron chi connectivity index (χ0n) is 11.9. The molecule has 0 radical (unpaired) electrons. The molecule has 0 aliphatic heterocycles. The quantitative estimate of drug-likeness (QED) is 0.884. The Balaban J connectivity index is 1.98. The molecule has 2 unspecified atom stereocenters. The van der Waals surface area contributed by atoms with Crippen molar-refractivity contribution in [2.45, 2.75) is 44.2 Å². The lowest BCUT2D eigenvalue weighted by atomic mass is 9.91. The lowest BCUT2D eigenvalue weighted by Gasteiger charge is -2.35. The Labute approximate surface area is 121 Å². The van der Waals surface area contributed by atoms with Crippen LogP contribution in [-0.4, -0.2) is 42.6 Å². The highest BCUT2D eigenvalue weighted by atomic mass is 32.2. The summed E-state index contributed by atoms with van der Waals surface area (Å²) in [6.45, 7) is 0. The van der Waals surface area contributed by atoms with Gasteiger partial charge in [-0.25, -0.2) is 12.7 Å². The van der Waals surface area contributed by atoms with Gasteiger partial charge in [-0.1, -0.05) is 18.9 Å². The summed E-state index contributed by atoms with van der Waals surface area (Å²) in [6, 6.07) is 5.44. The van der Waals surface area contributed by atoms with E-state index in [4.69, 9.17) is 5.73 Å². The summed E-state index contributed by atoms with van der Waals surface area (Å²) >= 11 is 0. The smallest absolute Gasteiger partial charge is 0.214 e. The normalized spacial score (nSPS) is 23.9. The molecule has 0 bridgehead atoms. The number of rotatable bonds is 5. The van der Waals surface area contributed by atoms with Gasteiger partial charge in [-0.15, -0.1) is 0 Å². The first-order valence-electron chi connectivity index (χ1n) is 7.12. The monoisotopic (exact) mass is 297 g/mol. The topological polar surface area (TPSA) is 76.3 Å². The van der Waals surface area contributed by atoms with Gasteiger partial charge >= 0.3 is 0 Å². The van der Waals surface area contributed by atoms with Crippen LogP contribution in [0.2, 0.25) is 0 Å². The van der Waals surface area contributed by atoms with Crippen molar-refractivity contribution in [2.75, 3.05) is 12.8 Å². The van der Waals surface area contributed by atoms with E-state index in [9.17, 15) is 8.42 Å². The van der Waals surface area contributed by atoms with Crippen LogP contribution < -0.4 is 5.73 Å². The molecule has 1 aliphatic carbocycles. The van der Waals surface area contributed by atoms with E-state index in [2.05, 4.69) is 4.98 Å². The Morgan fingerprint density at radius 1 is 1.35 bits per heavy atom. The van der Waals surface area contributed by atoms with Gasteiger partial charge in [0.25, 0.3) is 0 Å². The summed E-state index contributed by atoms with van der Waals surface area (Å²) in [4.78, 5) is 4.16. The molecule has 0 amide bonds. The van der Waals surface area contributed by atoms with Crippen molar-refractivity contribution < 1.29 is 8.42 Å². The van der Waals surface area contributed by atoms with Gasteiger partial charge in [-0.05, 0) is 25.0 Å². The molecule has 1 saturated carbocycles. The molecule has 6 heteroatoms. The molecule has 20 heavy (non-hydrogen) atoms. The fourth-order valence-electron chi connectivity index (χ4n) is 2.72. The zero-order valence-corrected chi connectivity index (χ0v) is 12.7. The Morgan fingerprint density at radius 3 is 2.75 bits per heavy atom. The first-order chi connectivity index (χ1) is 9.50. The number of hydrogen-bond donors (Lipinski definition) is 1. The highest BCUT2D eigenvalue weighted by Crippen LogP contribution is 2.23. The second-order valence-electron chi connectivity index (χ2n) is 5.42. The Morgan fingerprint density at radius 2 is 2.10 bits per heavy atom. The molecule has 1 heterocycles. The third-order valence-electron chi connectivity index (χ3n) is 4.03. The number of aromatic nitrogens is 1. The number of sulfonamides is 1. The Hall–Kier alpha value is -0.980. The maximum absolute atomic E-state index is 12.4. The van der Waals surface area contributed by atoms with Crippen LogP contribution in [0.3, 0.4) is 0 Å². The van der Waals surface area contributed by atoms with Gasteiger partial charge in [0.2, 0.25) is 10.0 Å². The molecule has 1 aromatic rings. The highest BCUT2D eigenvalue weighted by Gasteiger charge is 2.32. The average Bonchev–Trinajstić information content (AvgIpc) is 2.46. The van der Waals surface area contributed by atoms with Crippen LogP contribution in [0.25, 0.3) is 0 Å². The van der Waals surface area contributed by atoms with E-state index in [0.29, 0.717) is 6.42 Å². The molecule has 2 rings (SSSR count). The number of likely N-dealkylation sites (N-methyl/N-ethyl adjacent to an activating group) is 1. The third kappa shape index (κ3) is 3.77. The molecular formula is C14H23N3O2S. The van der Waals surface area contributed by atoms with Crippen LogP contribution in [0.5, 0.6) is 0 Å². The second kappa shape index (κ2) is 6.65. The predicted molar refractivity (Wildman–Crippen MR) is 79.7 cm³/mol. The van der Waals surface area contributed by atoms with E-state index >= 15 is 0 Å². The van der Waals surface area contributed by atoms with Crippen LogP contribution in [-0.2, 0) is 16.4 Å². The van der Waals surface area contributed by atoms with E-state index in [-0.39, 0.29) is 17.8 Å². The van der Waals surface area contributed by atoms with Gasteiger partial charge in [0.1, 0.15) is 0 Å². The van der Waals surface area contributed by atoms with Gasteiger partial charge in [0.05, 0.1) is 5.75 Å². The van der Waals surface area contributed by atoms with Crippen LogP contribution in [0.15, 0.2) is 24.4 Å². The lowest BCUT2D eigenvalue weighted by Crippen LogP contribution is -2.50. The number of hydrogen-bond acceptors (Lipinski definition) is 4. The molecule has 2 atom stereocenters. The van der Waals surface area contributed by atoms with Crippen molar-refractivity contribution in [1.82, 2.24) is 9.29 Å². The largest absolute Gasteiger partial charge is 0.326 e. The van der Waals surface area contributed by atoms with Crippen LogP contribution in [0.4, 0.5) is 0 Å². The summed E-state index contributed by atoms with van der Waals surface area (Å²) in [5, 5.41) is 0. The van der Waals surface area contributed by atoms with E-state index in [1.54, 1.807) is 13.2 Å². The summed E-state index contributed by atoms with van der Waals surface area (Å²) in [5.74, 6) is 0.0870. The van der Waals surface area contributed by atoms with Crippen molar-refractivity contribution in [2.24, 2.45) is 5.73 Å². The van der Waals surface area contributed by atoms with Crippen LogP contribution in [0, 0.1) is 0 Å². The standard InChI is InChI=1S/C14H23N3O2S/c1-17(14-8-3-2-7-13(14)15)20(18,19)11-9-12-6-4-5-10-16-12/h4-6,10,13-14H,2-3,7-9,11,15H2,1H3. The first kappa shape index (κ1) is 15.4. The van der Waals surface area contributed by atoms with Crippen molar-refractivity contribution in [3.05, 3.63) is 30.1 Å². The average molecular weight is 297 g/mol. The molecule has 1 aliphatic rings. The van der Waals surface area contributed by atoms with E-state index in [1.807, 2.05) is 18.2 Å². The molecule has 1 aromatic heterocycles. The third-order valence-corrected chi connectivity index (χ3v) is 5.90. The van der Waals surface area contributed by atoms with Gasteiger partial charge in [0.15, 0.2) is 0 Å². The highest BCUT2D eigenvalue weighted by molar-refractivity contribution is 7.89. The fraction of sp³-hybridized carbons (Fsp3) is 0.643. The maximum Gasteiger partial charge on any atom is 0.214 e. The van der Waals surface area contributed by atoms with Crippen molar-refractivity contribution >= 4 is 10.0 Å². The summed E-state index contributed by atoms with van der Waals surface area (Å²) < 4.78 is 26.3. The minimum Gasteiger partial charge on any atom is -0.326 e. The van der Waals surface area contributed by atoms with Gasteiger partial charge in [0, 0.05) is 37.4 Å². The predicted octanol–water partition coefficient (Wildman–Crippen LogP) is 1.16. The number of nitrogens with two attached hydrogens (primary N) is 1. The summed E-state index contributed by atoms with van der Waals surface area (Å²) in [6.07, 6.45) is 6.04. The molecule has 0 aromatic carbocycles. The minimum atomic E-state index is -3.28. The SMILES string of the molecule is CN(C1CCCCC1N)S(=O)(=O)CCc1ccccn1. The molecule has 0 saturated heterocycles. The molecular weight excluding hydrogens is 274 g/mol. The lowest BCUT2D eigenvalue weighted by molar-refractivity contribution is 0.252. The molecule has 1 fully saturated rings. The second-order valence-corrected chi connectivity index (χ2v) is 7.57. The minimum absolute atomic E-state index is 0.0432. The number of pyridine rings is 1. The Kier molecular flexibility index (Phi) is 5.12. The number of aryl methyl sites for hydroxylation is 1. The van der Waals surface area contributed by atoms with Gasteiger partial charge in [-0.3, -0.25) is 4.98 Å². The van der Waals surface area contributed by atoms with Crippen LogP contribution in [0.1, 0.15) is 31.4 Å².